The summed E-state index contributed by atoms with van der Waals surface area (Å²) in [5.74, 6) is 6.16. The molecule has 9 heteroatoms. The van der Waals surface area contributed by atoms with E-state index in [1.807, 2.05) is 0 Å². The van der Waals surface area contributed by atoms with E-state index in [1.165, 1.54) is 6.20 Å². The number of nitrogens with zero attached hydrogens (tertiary/aromatic N) is 2. The van der Waals surface area contributed by atoms with Gasteiger partial charge in [-0.1, -0.05) is 11.6 Å². The van der Waals surface area contributed by atoms with Crippen LogP contribution >= 0.6 is 11.6 Å². The highest BCUT2D eigenvalue weighted by Crippen LogP contribution is 2.23. The van der Waals surface area contributed by atoms with E-state index < -0.39 is 9.84 Å². The molecule has 0 bridgehead atoms. The number of rotatable bonds is 3. The fourth-order valence-electron chi connectivity index (χ4n) is 1.87. The molecule has 7 nitrogen and oxygen atoms in total. The number of nitrogen functional groups attached to an aromatic ring is 1. The van der Waals surface area contributed by atoms with Crippen molar-refractivity contribution in [2.45, 2.75) is 18.9 Å². The van der Waals surface area contributed by atoms with E-state index in [0.29, 0.717) is 17.3 Å². The number of anilines is 2. The van der Waals surface area contributed by atoms with Crippen LogP contribution in [0.4, 0.5) is 11.8 Å². The smallest absolute Gasteiger partial charge is 0.239 e. The minimum atomic E-state index is -2.97. The zero-order valence-corrected chi connectivity index (χ0v) is 11.1. The lowest BCUT2D eigenvalue weighted by Crippen LogP contribution is -2.35. The summed E-state index contributed by atoms with van der Waals surface area (Å²) in [6, 6.07) is -0.179. The minimum absolute atomic E-state index is 0.0960. The third-order valence-corrected chi connectivity index (χ3v) is 4.77. The van der Waals surface area contributed by atoms with E-state index in [-0.39, 0.29) is 23.5 Å². The first kappa shape index (κ1) is 13.3. The standard InChI is InChI=1S/C9H14ClN5O2S/c10-7-4-12-9(15-11)14-8(7)13-6-2-1-3-18(16,17)5-6/h4,6H,1-3,5,11H2,(H2,12,13,14,15). The van der Waals surface area contributed by atoms with Crippen LogP contribution in [-0.2, 0) is 9.84 Å². The molecule has 1 saturated heterocycles. The van der Waals surface area contributed by atoms with Gasteiger partial charge in [0, 0.05) is 6.04 Å². The van der Waals surface area contributed by atoms with Gasteiger partial charge in [0.1, 0.15) is 5.02 Å². The fourth-order valence-corrected chi connectivity index (χ4v) is 3.65. The SMILES string of the molecule is NNc1ncc(Cl)c(NC2CCCS(=O)(=O)C2)n1. The lowest BCUT2D eigenvalue weighted by Gasteiger charge is -2.23. The van der Waals surface area contributed by atoms with E-state index in [0.717, 1.165) is 6.42 Å². The highest BCUT2D eigenvalue weighted by Gasteiger charge is 2.25. The summed E-state index contributed by atoms with van der Waals surface area (Å²) >= 11 is 5.94. The lowest BCUT2D eigenvalue weighted by atomic mass is 10.2. The Morgan fingerprint density at radius 3 is 2.94 bits per heavy atom. The molecule has 1 unspecified atom stereocenters. The second-order valence-electron chi connectivity index (χ2n) is 4.13. The van der Waals surface area contributed by atoms with Crippen LogP contribution in [0.2, 0.25) is 5.02 Å². The monoisotopic (exact) mass is 291 g/mol. The molecule has 18 heavy (non-hydrogen) atoms. The molecule has 1 fully saturated rings. The first-order valence-corrected chi connectivity index (χ1v) is 7.66. The zero-order chi connectivity index (χ0) is 13.2. The summed E-state index contributed by atoms with van der Waals surface area (Å²) < 4.78 is 23.0. The quantitative estimate of drug-likeness (QED) is 0.546. The summed E-state index contributed by atoms with van der Waals surface area (Å²) in [5.41, 5.74) is 2.31. The normalized spacial score (nSPS) is 22.4. The van der Waals surface area contributed by atoms with E-state index >= 15 is 0 Å². The van der Waals surface area contributed by atoms with Gasteiger partial charge in [0.25, 0.3) is 0 Å². The molecular formula is C9H14ClN5O2S. The highest BCUT2D eigenvalue weighted by atomic mass is 35.5. The van der Waals surface area contributed by atoms with Crippen molar-refractivity contribution in [3.8, 4) is 0 Å². The maximum Gasteiger partial charge on any atom is 0.239 e. The van der Waals surface area contributed by atoms with Crippen molar-refractivity contribution in [3.63, 3.8) is 0 Å². The second-order valence-corrected chi connectivity index (χ2v) is 6.77. The molecule has 0 spiro atoms. The number of sulfone groups is 1. The molecule has 1 aromatic rings. The van der Waals surface area contributed by atoms with Crippen LogP contribution in [0, 0.1) is 0 Å². The molecule has 0 aliphatic carbocycles. The Morgan fingerprint density at radius 1 is 1.50 bits per heavy atom. The Hall–Kier alpha value is -1.12. The molecule has 4 N–H and O–H groups in total. The first-order chi connectivity index (χ1) is 8.50. The number of nitrogens with two attached hydrogens (primary N) is 1. The van der Waals surface area contributed by atoms with Crippen molar-refractivity contribution in [2.24, 2.45) is 5.84 Å². The molecule has 0 aromatic carbocycles. The van der Waals surface area contributed by atoms with Gasteiger partial charge in [0.15, 0.2) is 15.7 Å². The van der Waals surface area contributed by atoms with Gasteiger partial charge in [-0.05, 0) is 12.8 Å². The van der Waals surface area contributed by atoms with E-state index in [9.17, 15) is 8.42 Å². The number of hydrazine groups is 1. The van der Waals surface area contributed by atoms with Crippen LogP contribution in [0.3, 0.4) is 0 Å². The summed E-state index contributed by atoms with van der Waals surface area (Å²) in [4.78, 5) is 7.89. The number of aromatic nitrogens is 2. The van der Waals surface area contributed by atoms with Gasteiger partial charge in [0.05, 0.1) is 17.7 Å². The average molecular weight is 292 g/mol. The van der Waals surface area contributed by atoms with E-state index in [1.54, 1.807) is 0 Å². The highest BCUT2D eigenvalue weighted by molar-refractivity contribution is 7.91. The Balaban J connectivity index is 2.13. The summed E-state index contributed by atoms with van der Waals surface area (Å²) in [6.45, 7) is 0. The maximum absolute atomic E-state index is 11.5. The molecule has 1 aliphatic heterocycles. The number of hydrogen-bond donors (Lipinski definition) is 3. The van der Waals surface area contributed by atoms with Gasteiger partial charge < -0.3 is 5.32 Å². The molecule has 1 aliphatic rings. The van der Waals surface area contributed by atoms with Crippen molar-refractivity contribution in [2.75, 3.05) is 22.2 Å². The Morgan fingerprint density at radius 2 is 2.28 bits per heavy atom. The predicted molar refractivity (Wildman–Crippen MR) is 70.2 cm³/mol. The Bertz CT molecular complexity index is 536. The van der Waals surface area contributed by atoms with Crippen LogP contribution in [0.25, 0.3) is 0 Å². The molecule has 0 saturated carbocycles. The van der Waals surface area contributed by atoms with Crippen molar-refractivity contribution < 1.29 is 8.42 Å². The molecule has 2 heterocycles. The van der Waals surface area contributed by atoms with Crippen LogP contribution in [0.5, 0.6) is 0 Å². The molecule has 1 aromatic heterocycles. The van der Waals surface area contributed by atoms with Crippen molar-refractivity contribution in [1.29, 1.82) is 0 Å². The molecule has 0 amide bonds. The number of hydrogen-bond acceptors (Lipinski definition) is 7. The number of nitrogens with one attached hydrogen (secondary N) is 2. The molecule has 2 rings (SSSR count). The third-order valence-electron chi connectivity index (χ3n) is 2.68. The summed E-state index contributed by atoms with van der Waals surface area (Å²) in [6.07, 6.45) is 2.82. The minimum Gasteiger partial charge on any atom is -0.365 e. The Kier molecular flexibility index (Phi) is 3.88. The largest absolute Gasteiger partial charge is 0.365 e. The predicted octanol–water partition coefficient (Wildman–Crippen LogP) is 0.405. The van der Waals surface area contributed by atoms with Gasteiger partial charge in [-0.3, -0.25) is 5.43 Å². The van der Waals surface area contributed by atoms with Crippen LogP contribution < -0.4 is 16.6 Å². The zero-order valence-electron chi connectivity index (χ0n) is 9.56. The van der Waals surface area contributed by atoms with Gasteiger partial charge in [-0.25, -0.2) is 19.2 Å². The van der Waals surface area contributed by atoms with E-state index in [2.05, 4.69) is 20.7 Å². The van der Waals surface area contributed by atoms with Gasteiger partial charge in [0.2, 0.25) is 5.95 Å². The van der Waals surface area contributed by atoms with Crippen LogP contribution in [0.15, 0.2) is 6.20 Å². The van der Waals surface area contributed by atoms with Crippen LogP contribution in [0.1, 0.15) is 12.8 Å². The number of halogens is 1. The fraction of sp³-hybridized carbons (Fsp3) is 0.556. The average Bonchev–Trinajstić information content (AvgIpc) is 2.31. The topological polar surface area (TPSA) is 110 Å². The maximum atomic E-state index is 11.5. The summed E-state index contributed by atoms with van der Waals surface area (Å²) in [7, 11) is -2.97. The first-order valence-electron chi connectivity index (χ1n) is 5.46. The molecule has 0 radical (unpaired) electrons. The van der Waals surface area contributed by atoms with E-state index in [4.69, 9.17) is 17.4 Å². The summed E-state index contributed by atoms with van der Waals surface area (Å²) in [5, 5.41) is 3.35. The van der Waals surface area contributed by atoms with Crippen molar-refractivity contribution in [3.05, 3.63) is 11.2 Å². The van der Waals surface area contributed by atoms with Gasteiger partial charge in [-0.2, -0.15) is 4.98 Å². The van der Waals surface area contributed by atoms with Crippen molar-refractivity contribution >= 4 is 33.2 Å². The second kappa shape index (κ2) is 5.25. The molecule has 100 valence electrons. The molecular weight excluding hydrogens is 278 g/mol. The van der Waals surface area contributed by atoms with Crippen molar-refractivity contribution in [1.82, 2.24) is 9.97 Å². The Labute approximate surface area is 110 Å². The third kappa shape index (κ3) is 3.21. The van der Waals surface area contributed by atoms with Crippen LogP contribution in [-0.4, -0.2) is 35.9 Å². The van der Waals surface area contributed by atoms with Gasteiger partial charge >= 0.3 is 0 Å². The molecule has 1 atom stereocenters. The lowest BCUT2D eigenvalue weighted by molar-refractivity contribution is 0.561. The van der Waals surface area contributed by atoms with Gasteiger partial charge in [-0.15, -0.1) is 0 Å².